The number of carbonyl (C=O) groups is 1. The number of ether oxygens (including phenoxy) is 4. The number of amides is 1. The summed E-state index contributed by atoms with van der Waals surface area (Å²) in [6.45, 7) is 1.44. The van der Waals surface area contributed by atoms with Gasteiger partial charge in [0, 0.05) is 30.8 Å². The second-order valence-electron chi connectivity index (χ2n) is 8.76. The second kappa shape index (κ2) is 9.18. The number of fused-ring (bicyclic) bond motifs is 1. The van der Waals surface area contributed by atoms with E-state index >= 15 is 0 Å². The van der Waals surface area contributed by atoms with Crippen LogP contribution in [0.25, 0.3) is 0 Å². The molecule has 0 bridgehead atoms. The molecule has 7 nitrogen and oxygen atoms in total. The molecule has 1 saturated heterocycles. The minimum atomic E-state index is -0.125. The van der Waals surface area contributed by atoms with Gasteiger partial charge >= 0.3 is 0 Å². The molecule has 3 aliphatic rings. The van der Waals surface area contributed by atoms with Gasteiger partial charge in [0.1, 0.15) is 0 Å². The zero-order valence-corrected chi connectivity index (χ0v) is 18.4. The first-order valence-corrected chi connectivity index (χ1v) is 11.5. The average molecular weight is 439 g/mol. The van der Waals surface area contributed by atoms with Crippen molar-refractivity contribution in [1.29, 1.82) is 0 Å². The van der Waals surface area contributed by atoms with E-state index in [9.17, 15) is 4.79 Å². The number of anilines is 1. The molecule has 2 fully saturated rings. The van der Waals surface area contributed by atoms with Crippen LogP contribution in [0.1, 0.15) is 43.6 Å². The van der Waals surface area contributed by atoms with Crippen LogP contribution in [0.3, 0.4) is 0 Å². The summed E-state index contributed by atoms with van der Waals surface area (Å²) in [6, 6.07) is 11.9. The lowest BCUT2D eigenvalue weighted by Crippen LogP contribution is -2.43. The molecule has 2 aliphatic heterocycles. The molecule has 2 atom stereocenters. The first-order valence-electron chi connectivity index (χ1n) is 11.5. The first kappa shape index (κ1) is 20.8. The van der Waals surface area contributed by atoms with E-state index in [-0.39, 0.29) is 30.6 Å². The smallest absolute Gasteiger partial charge is 0.231 e. The number of rotatable bonds is 7. The lowest BCUT2D eigenvalue weighted by atomic mass is 9.85. The topological polar surface area (TPSA) is 78.1 Å². The third kappa shape index (κ3) is 4.42. The molecule has 5 rings (SSSR count). The second-order valence-corrected chi connectivity index (χ2v) is 8.76. The Labute approximate surface area is 188 Å². The number of hydrogen-bond acceptors (Lipinski definition) is 6. The molecule has 32 heavy (non-hydrogen) atoms. The van der Waals surface area contributed by atoms with Gasteiger partial charge in [-0.2, -0.15) is 0 Å². The highest BCUT2D eigenvalue weighted by Gasteiger charge is 2.30. The number of carbonyl (C=O) groups excluding carboxylic acids is 1. The molecular formula is C25H30N2O5. The van der Waals surface area contributed by atoms with Gasteiger partial charge in [0.05, 0.1) is 19.1 Å². The van der Waals surface area contributed by atoms with Crippen molar-refractivity contribution in [1.82, 2.24) is 5.32 Å². The highest BCUT2D eigenvalue weighted by Crippen LogP contribution is 2.37. The molecule has 0 aromatic heterocycles. The van der Waals surface area contributed by atoms with Gasteiger partial charge in [0.2, 0.25) is 12.7 Å². The SMILES string of the molecule is COc1ccc([C@H]2CNC(=O)[C@H](CNc3ccc4c(c3)OCO4)C2)cc1OC1CCCC1. The van der Waals surface area contributed by atoms with Gasteiger partial charge in [0.15, 0.2) is 23.0 Å². The minimum absolute atomic E-state index is 0.0884. The normalized spacial score (nSPS) is 22.5. The van der Waals surface area contributed by atoms with E-state index in [1.165, 1.54) is 18.4 Å². The molecule has 2 heterocycles. The van der Waals surface area contributed by atoms with Crippen LogP contribution < -0.4 is 29.6 Å². The predicted octanol–water partition coefficient (Wildman–Crippen LogP) is 4.08. The molecule has 1 aliphatic carbocycles. The summed E-state index contributed by atoms with van der Waals surface area (Å²) in [6.07, 6.45) is 5.68. The van der Waals surface area contributed by atoms with E-state index in [0.717, 1.165) is 47.9 Å². The van der Waals surface area contributed by atoms with E-state index in [1.54, 1.807) is 7.11 Å². The van der Waals surface area contributed by atoms with E-state index < -0.39 is 0 Å². The molecular weight excluding hydrogens is 408 g/mol. The quantitative estimate of drug-likeness (QED) is 0.678. The van der Waals surface area contributed by atoms with Crippen molar-refractivity contribution < 1.29 is 23.7 Å². The van der Waals surface area contributed by atoms with Crippen LogP contribution in [0.4, 0.5) is 5.69 Å². The standard InChI is InChI=1S/C25H30N2O5/c1-29-21-8-6-16(11-24(21)32-20-4-2-3-5-20)17-10-18(25(28)27-13-17)14-26-19-7-9-22-23(12-19)31-15-30-22/h6-9,11-12,17-18,20,26H,2-5,10,13-15H2,1H3,(H,27,28)/t17-,18+/m1/s1. The van der Waals surface area contributed by atoms with Crippen molar-refractivity contribution in [2.45, 2.75) is 44.1 Å². The largest absolute Gasteiger partial charge is 0.493 e. The van der Waals surface area contributed by atoms with Crippen LogP contribution in [0.5, 0.6) is 23.0 Å². The van der Waals surface area contributed by atoms with Gasteiger partial charge in [-0.25, -0.2) is 0 Å². The number of hydrogen-bond donors (Lipinski definition) is 2. The Morgan fingerprint density at radius 2 is 1.91 bits per heavy atom. The van der Waals surface area contributed by atoms with E-state index in [4.69, 9.17) is 18.9 Å². The lowest BCUT2D eigenvalue weighted by Gasteiger charge is -2.30. The Balaban J connectivity index is 1.25. The van der Waals surface area contributed by atoms with Crippen LogP contribution in [0.2, 0.25) is 0 Å². The Morgan fingerprint density at radius 3 is 2.75 bits per heavy atom. The van der Waals surface area contributed by atoms with Crippen LogP contribution in [-0.4, -0.2) is 39.0 Å². The fraction of sp³-hybridized carbons (Fsp3) is 0.480. The Hall–Kier alpha value is -3.09. The van der Waals surface area contributed by atoms with Crippen molar-refractivity contribution in [2.24, 2.45) is 5.92 Å². The Bertz CT molecular complexity index is 973. The molecule has 2 aromatic carbocycles. The maximum atomic E-state index is 12.5. The van der Waals surface area contributed by atoms with Crippen LogP contribution in [0.15, 0.2) is 36.4 Å². The summed E-state index contributed by atoms with van der Waals surface area (Å²) in [4.78, 5) is 12.5. The summed E-state index contributed by atoms with van der Waals surface area (Å²) in [7, 11) is 1.68. The van der Waals surface area contributed by atoms with Gasteiger partial charge in [-0.3, -0.25) is 4.79 Å². The Morgan fingerprint density at radius 1 is 1.06 bits per heavy atom. The van der Waals surface area contributed by atoms with Gasteiger partial charge in [-0.05, 0) is 61.9 Å². The fourth-order valence-electron chi connectivity index (χ4n) is 4.80. The van der Waals surface area contributed by atoms with Gasteiger partial charge in [-0.1, -0.05) is 6.07 Å². The van der Waals surface area contributed by atoms with Gasteiger partial charge in [-0.15, -0.1) is 0 Å². The zero-order chi connectivity index (χ0) is 21.9. The van der Waals surface area contributed by atoms with E-state index in [2.05, 4.69) is 22.8 Å². The van der Waals surface area contributed by atoms with Crippen molar-refractivity contribution in [3.05, 3.63) is 42.0 Å². The third-order valence-electron chi connectivity index (χ3n) is 6.64. The Kier molecular flexibility index (Phi) is 5.97. The molecule has 1 amide bonds. The highest BCUT2D eigenvalue weighted by atomic mass is 16.7. The minimum Gasteiger partial charge on any atom is -0.493 e. The molecule has 1 saturated carbocycles. The summed E-state index contributed by atoms with van der Waals surface area (Å²) >= 11 is 0. The highest BCUT2D eigenvalue weighted by molar-refractivity contribution is 5.80. The number of nitrogens with one attached hydrogen (secondary N) is 2. The van der Waals surface area contributed by atoms with Crippen molar-refractivity contribution in [2.75, 3.05) is 32.3 Å². The zero-order valence-electron chi connectivity index (χ0n) is 18.4. The summed E-state index contributed by atoms with van der Waals surface area (Å²) in [5, 5.41) is 6.47. The number of piperidine rings is 1. The number of methoxy groups -OCH3 is 1. The maximum Gasteiger partial charge on any atom is 0.231 e. The molecule has 2 N–H and O–H groups in total. The fourth-order valence-corrected chi connectivity index (χ4v) is 4.80. The lowest BCUT2D eigenvalue weighted by molar-refractivity contribution is -0.126. The first-order chi connectivity index (χ1) is 15.7. The van der Waals surface area contributed by atoms with Crippen molar-refractivity contribution in [3.63, 3.8) is 0 Å². The monoisotopic (exact) mass is 438 g/mol. The molecule has 170 valence electrons. The van der Waals surface area contributed by atoms with Crippen LogP contribution in [0, 0.1) is 5.92 Å². The predicted molar refractivity (Wildman–Crippen MR) is 121 cm³/mol. The van der Waals surface area contributed by atoms with E-state index in [1.807, 2.05) is 24.3 Å². The maximum absolute atomic E-state index is 12.5. The third-order valence-corrected chi connectivity index (χ3v) is 6.64. The molecule has 0 unspecified atom stereocenters. The van der Waals surface area contributed by atoms with E-state index in [0.29, 0.717) is 13.1 Å². The summed E-state index contributed by atoms with van der Waals surface area (Å²) in [5.74, 6) is 3.25. The molecule has 0 spiro atoms. The van der Waals surface area contributed by atoms with Crippen molar-refractivity contribution in [3.8, 4) is 23.0 Å². The molecule has 2 aromatic rings. The summed E-state index contributed by atoms with van der Waals surface area (Å²) in [5.41, 5.74) is 2.09. The van der Waals surface area contributed by atoms with Gasteiger partial charge < -0.3 is 29.6 Å². The average Bonchev–Trinajstić information content (AvgIpc) is 3.50. The summed E-state index contributed by atoms with van der Waals surface area (Å²) < 4.78 is 22.6. The number of benzene rings is 2. The molecule has 0 radical (unpaired) electrons. The molecule has 7 heteroatoms. The van der Waals surface area contributed by atoms with Crippen molar-refractivity contribution >= 4 is 11.6 Å². The van der Waals surface area contributed by atoms with Crippen LogP contribution >= 0.6 is 0 Å². The van der Waals surface area contributed by atoms with Gasteiger partial charge in [0.25, 0.3) is 0 Å². The van der Waals surface area contributed by atoms with Crippen LogP contribution in [-0.2, 0) is 4.79 Å².